The smallest absolute Gasteiger partial charge is 0.333 e. The number of fused-ring (bicyclic) bond motifs is 1. The van der Waals surface area contributed by atoms with Crippen molar-refractivity contribution in [3.05, 3.63) is 36.0 Å². The van der Waals surface area contributed by atoms with Crippen LogP contribution < -0.4 is 34.4 Å². The third-order valence-electron chi connectivity index (χ3n) is 5.90. The summed E-state index contributed by atoms with van der Waals surface area (Å²) in [7, 11) is 0. The summed E-state index contributed by atoms with van der Waals surface area (Å²) in [5.74, 6) is -5.32. The summed E-state index contributed by atoms with van der Waals surface area (Å²) in [6.45, 7) is 4.84. The van der Waals surface area contributed by atoms with Crippen molar-refractivity contribution < 1.29 is 53.6 Å². The minimum atomic E-state index is -1.27. The quantitative estimate of drug-likeness (QED) is 0.0736. The van der Waals surface area contributed by atoms with E-state index in [9.17, 15) is 33.9 Å². The normalized spacial score (nSPS) is 14.6. The van der Waals surface area contributed by atoms with E-state index in [0.717, 1.165) is 16.5 Å². The van der Waals surface area contributed by atoms with Crippen molar-refractivity contribution in [2.24, 2.45) is 40.3 Å². The highest BCUT2D eigenvalue weighted by atomic mass is 16.6. The number of nitrogens with two attached hydrogens (primary N) is 6. The van der Waals surface area contributed by atoms with Gasteiger partial charge in [-0.25, -0.2) is 9.59 Å². The molecule has 1 amide bonds. The van der Waals surface area contributed by atoms with Crippen LogP contribution >= 0.6 is 0 Å². The molecule has 2 aromatic rings. The van der Waals surface area contributed by atoms with E-state index in [1.54, 1.807) is 6.20 Å². The Bertz CT molecular complexity index is 1320. The van der Waals surface area contributed by atoms with Gasteiger partial charge >= 0.3 is 29.8 Å². The zero-order valence-electron chi connectivity index (χ0n) is 25.8. The van der Waals surface area contributed by atoms with Crippen LogP contribution in [-0.2, 0) is 44.7 Å². The summed E-state index contributed by atoms with van der Waals surface area (Å²) in [5.41, 5.74) is 33.2. The fraction of sp³-hybridized carbons (Fsp3) is 0.500. The molecule has 0 aliphatic rings. The second-order valence-electron chi connectivity index (χ2n) is 10.6. The van der Waals surface area contributed by atoms with Crippen LogP contribution in [0.4, 0.5) is 0 Å². The maximum Gasteiger partial charge on any atom is 0.333 e. The Hall–Kier alpha value is -4.46. The lowest BCUT2D eigenvalue weighted by Crippen LogP contribution is -2.45. The molecule has 2 rings (SSSR count). The number of para-hydroxylation sites is 1. The number of aliphatic carboxylic acids is 2. The van der Waals surface area contributed by atoms with Gasteiger partial charge in [-0.3, -0.25) is 19.2 Å². The van der Waals surface area contributed by atoms with Crippen molar-refractivity contribution in [1.82, 2.24) is 4.98 Å². The molecule has 0 saturated heterocycles. The summed E-state index contributed by atoms with van der Waals surface area (Å²) in [4.78, 5) is 67.8. The van der Waals surface area contributed by atoms with E-state index in [2.05, 4.69) is 20.2 Å². The van der Waals surface area contributed by atoms with Crippen LogP contribution in [0.2, 0.25) is 0 Å². The van der Waals surface area contributed by atoms with Gasteiger partial charge in [-0.1, -0.05) is 32.0 Å². The third-order valence-corrected chi connectivity index (χ3v) is 5.90. The standard InChI is InChI=1S/C15H19N3O4.C9H18N2O4.C4H8N2O3/c1-8(19)13(17)15(21)22-14(20)11(16)6-9-7-18-12-5-3-2-4-10(9)12;1-5(2)3-6(10)9(14)15-4-7(11)8(12)13;5-2(4(8)9)1-3(6)7/h2-5,7-8,11,13,18-19H,6,16-17H2,1H3;5-7H,3-4,10-11H2,1-2H3,(H,12,13);2H,1,5H2,(H2,6,7)(H,8,9)/t8-,11+,13+;6-,7-;2-/m100/s1. The Morgan fingerprint density at radius 3 is 1.85 bits per heavy atom. The molecular formula is C28H45N7O11. The molecule has 46 heavy (non-hydrogen) atoms. The minimum absolute atomic E-state index is 0.222. The SMILES string of the molecule is CC(C)C[C@H](N)C(=O)OC[C@H](N)C(=O)O.C[C@@H](O)[C@H](N)C(=O)OC(=O)[C@@H](N)Cc1c[nH]c2ccccc12.NC(=O)C[C@H](N)C(=O)O. The molecule has 0 aliphatic carbocycles. The first kappa shape index (κ1) is 41.5. The number of primary amides is 1. The Kier molecular flexibility index (Phi) is 18.6. The van der Waals surface area contributed by atoms with Gasteiger partial charge in [0.25, 0.3) is 0 Å². The number of carbonyl (C=O) groups excluding carboxylic acids is 4. The highest BCUT2D eigenvalue weighted by Gasteiger charge is 2.26. The summed E-state index contributed by atoms with van der Waals surface area (Å²) >= 11 is 0. The van der Waals surface area contributed by atoms with E-state index < -0.39 is 72.1 Å². The highest BCUT2D eigenvalue weighted by molar-refractivity contribution is 5.91. The van der Waals surface area contributed by atoms with Gasteiger partial charge in [0, 0.05) is 23.5 Å². The number of benzene rings is 1. The molecular weight excluding hydrogens is 610 g/mol. The van der Waals surface area contributed by atoms with E-state index in [4.69, 9.17) is 38.9 Å². The molecule has 0 radical (unpaired) electrons. The number of aliphatic hydroxyl groups is 1. The van der Waals surface area contributed by atoms with Gasteiger partial charge in [-0.05, 0) is 30.9 Å². The number of carboxylic acids is 2. The molecule has 6 atom stereocenters. The van der Waals surface area contributed by atoms with E-state index in [0.29, 0.717) is 6.42 Å². The Morgan fingerprint density at radius 2 is 1.37 bits per heavy atom. The Morgan fingerprint density at radius 1 is 0.804 bits per heavy atom. The number of esters is 3. The number of H-pyrrole nitrogens is 1. The van der Waals surface area contributed by atoms with Crippen LogP contribution in [0, 0.1) is 5.92 Å². The summed E-state index contributed by atoms with van der Waals surface area (Å²) < 4.78 is 9.26. The van der Waals surface area contributed by atoms with Crippen LogP contribution in [0.5, 0.6) is 0 Å². The molecule has 1 aromatic carbocycles. The molecule has 0 spiro atoms. The monoisotopic (exact) mass is 655 g/mol. The number of aromatic amines is 1. The second kappa shape index (κ2) is 20.5. The first-order valence-electron chi connectivity index (χ1n) is 13.9. The third kappa shape index (κ3) is 16.0. The first-order chi connectivity index (χ1) is 21.3. The molecule has 0 fully saturated rings. The molecule has 0 bridgehead atoms. The number of rotatable bonds is 14. The number of hydrogen-bond acceptors (Lipinski definition) is 14. The molecule has 1 heterocycles. The fourth-order valence-electron chi connectivity index (χ4n) is 3.32. The summed E-state index contributed by atoms with van der Waals surface area (Å²) in [5, 5.41) is 26.7. The number of ether oxygens (including phenoxy) is 2. The van der Waals surface area contributed by atoms with Crippen molar-refractivity contribution in [2.75, 3.05) is 6.61 Å². The number of nitrogens with one attached hydrogen (secondary N) is 1. The van der Waals surface area contributed by atoms with E-state index >= 15 is 0 Å². The largest absolute Gasteiger partial charge is 0.480 e. The number of aliphatic hydroxyl groups excluding tert-OH is 1. The van der Waals surface area contributed by atoms with Crippen molar-refractivity contribution in [3.8, 4) is 0 Å². The zero-order chi connectivity index (χ0) is 35.7. The molecule has 18 heteroatoms. The average Bonchev–Trinajstić information content (AvgIpc) is 3.37. The fourth-order valence-corrected chi connectivity index (χ4v) is 3.32. The second-order valence-corrected chi connectivity index (χ2v) is 10.6. The van der Waals surface area contributed by atoms with Crippen LogP contribution in [0.3, 0.4) is 0 Å². The van der Waals surface area contributed by atoms with E-state index in [1.165, 1.54) is 6.92 Å². The molecule has 18 nitrogen and oxygen atoms in total. The molecule has 16 N–H and O–H groups in total. The number of aromatic nitrogens is 1. The number of carbonyl (C=O) groups is 6. The number of carboxylic acid groups (broad SMARTS) is 2. The Balaban J connectivity index is 0.000000732. The van der Waals surface area contributed by atoms with Crippen LogP contribution in [-0.4, -0.2) is 99.0 Å². The van der Waals surface area contributed by atoms with Gasteiger partial charge in [-0.2, -0.15) is 0 Å². The van der Waals surface area contributed by atoms with Gasteiger partial charge in [0.2, 0.25) is 5.91 Å². The molecule has 1 aromatic heterocycles. The molecule has 0 saturated carbocycles. The van der Waals surface area contributed by atoms with Crippen molar-refractivity contribution in [3.63, 3.8) is 0 Å². The number of hydrogen-bond donors (Lipinski definition) is 10. The Labute approximate surface area is 264 Å². The van der Waals surface area contributed by atoms with Crippen molar-refractivity contribution >= 4 is 46.7 Å². The topological polar surface area (TPSA) is 353 Å². The average molecular weight is 656 g/mol. The van der Waals surface area contributed by atoms with Gasteiger partial charge < -0.3 is 64.2 Å². The maximum atomic E-state index is 11.8. The lowest BCUT2D eigenvalue weighted by molar-refractivity contribution is -0.163. The van der Waals surface area contributed by atoms with Gasteiger partial charge in [0.15, 0.2) is 0 Å². The minimum Gasteiger partial charge on any atom is -0.480 e. The predicted octanol–water partition coefficient (Wildman–Crippen LogP) is -2.60. The lowest BCUT2D eigenvalue weighted by Gasteiger charge is -2.15. The first-order valence-corrected chi connectivity index (χ1v) is 13.9. The van der Waals surface area contributed by atoms with Crippen LogP contribution in [0.1, 0.15) is 39.2 Å². The van der Waals surface area contributed by atoms with Crippen molar-refractivity contribution in [1.29, 1.82) is 0 Å². The molecule has 0 unspecified atom stereocenters. The molecule has 258 valence electrons. The lowest BCUT2D eigenvalue weighted by atomic mass is 10.1. The van der Waals surface area contributed by atoms with E-state index in [1.807, 2.05) is 38.1 Å². The zero-order valence-corrected chi connectivity index (χ0v) is 25.8. The van der Waals surface area contributed by atoms with Gasteiger partial charge in [-0.15, -0.1) is 0 Å². The highest BCUT2D eigenvalue weighted by Crippen LogP contribution is 2.19. The van der Waals surface area contributed by atoms with Crippen LogP contribution in [0.25, 0.3) is 10.9 Å². The molecule has 0 aliphatic heterocycles. The van der Waals surface area contributed by atoms with Gasteiger partial charge in [0.05, 0.1) is 12.5 Å². The maximum absolute atomic E-state index is 11.8. The predicted molar refractivity (Wildman–Crippen MR) is 164 cm³/mol. The van der Waals surface area contributed by atoms with E-state index in [-0.39, 0.29) is 25.4 Å². The van der Waals surface area contributed by atoms with Crippen molar-refractivity contribution in [2.45, 2.75) is 76.3 Å². The summed E-state index contributed by atoms with van der Waals surface area (Å²) in [6, 6.07) is 2.26. The summed E-state index contributed by atoms with van der Waals surface area (Å²) in [6.07, 6.45) is 1.07. The number of amides is 1. The van der Waals surface area contributed by atoms with Crippen LogP contribution in [0.15, 0.2) is 30.5 Å². The van der Waals surface area contributed by atoms with Gasteiger partial charge in [0.1, 0.15) is 36.8 Å².